The summed E-state index contributed by atoms with van der Waals surface area (Å²) >= 11 is 9.96. The third kappa shape index (κ3) is 8.87. The highest BCUT2D eigenvalue weighted by atomic mass is 32.9. The average Bonchev–Trinajstić information content (AvgIpc) is 3.08. The summed E-state index contributed by atoms with van der Waals surface area (Å²) < 4.78 is 43.9. The van der Waals surface area contributed by atoms with Gasteiger partial charge in [-0.05, 0) is 30.0 Å². The molecule has 1 aromatic rings. The van der Waals surface area contributed by atoms with Gasteiger partial charge in [0.1, 0.15) is 6.23 Å². The molecule has 16 nitrogen and oxygen atoms in total. The zero-order valence-corrected chi connectivity index (χ0v) is 22.4. The first-order valence-corrected chi connectivity index (χ1v) is 16.9. The van der Waals surface area contributed by atoms with Crippen molar-refractivity contribution >= 4 is 57.2 Å². The van der Waals surface area contributed by atoms with Gasteiger partial charge in [0.2, 0.25) is 0 Å². The van der Waals surface area contributed by atoms with E-state index >= 15 is 0 Å². The number of H-pyrrole nitrogens is 1. The predicted octanol–water partition coefficient (Wildman–Crippen LogP) is 1.94. The number of azide groups is 1. The number of aryl methyl sites for hydroxylation is 1. The van der Waals surface area contributed by atoms with E-state index in [-0.39, 0.29) is 23.5 Å². The van der Waals surface area contributed by atoms with Gasteiger partial charge in [0.05, 0.1) is 18.8 Å². The Balaban J connectivity index is 2.23. The van der Waals surface area contributed by atoms with Crippen LogP contribution in [0.2, 0.25) is 0 Å². The molecule has 0 bridgehead atoms. The molecule has 4 N–H and O–H groups in total. The van der Waals surface area contributed by atoms with Gasteiger partial charge in [-0.1, -0.05) is 16.5 Å². The number of phosphoric acid groups is 2. The van der Waals surface area contributed by atoms with Crippen LogP contribution in [0.1, 0.15) is 18.2 Å². The second-order valence-corrected chi connectivity index (χ2v) is 16.4. The highest BCUT2D eigenvalue weighted by Gasteiger charge is 2.41. The largest absolute Gasteiger partial charge is 0.487 e. The minimum Gasteiger partial charge on any atom is -0.352 e. The number of rotatable bonds is 12. The number of ether oxygens (including phenoxy) is 1. The highest BCUT2D eigenvalue weighted by molar-refractivity contribution is 8.68. The van der Waals surface area contributed by atoms with Gasteiger partial charge >= 0.3 is 21.3 Å². The Morgan fingerprint density at radius 3 is 2.68 bits per heavy atom. The van der Waals surface area contributed by atoms with Gasteiger partial charge in [-0.15, -0.1) is 0 Å². The van der Waals surface area contributed by atoms with Crippen LogP contribution < -0.4 is 11.2 Å². The second kappa shape index (κ2) is 12.2. The van der Waals surface area contributed by atoms with Crippen LogP contribution in [0, 0.1) is 6.92 Å². The molecule has 34 heavy (non-hydrogen) atoms. The topological polar surface area (TPSA) is 235 Å². The lowest BCUT2D eigenvalue weighted by Gasteiger charge is -2.25. The molecule has 1 aromatic heterocycles. The molecule has 22 heteroatoms. The molecule has 0 saturated carbocycles. The van der Waals surface area contributed by atoms with Crippen LogP contribution in [0.5, 0.6) is 0 Å². The Morgan fingerprint density at radius 2 is 2.09 bits per heavy atom. The molecule has 0 aliphatic carbocycles. The summed E-state index contributed by atoms with van der Waals surface area (Å²) in [4.78, 5) is 55.9. The number of aromatic nitrogens is 2. The summed E-state index contributed by atoms with van der Waals surface area (Å²) in [5.74, 6) is 0.430. The van der Waals surface area contributed by atoms with Crippen molar-refractivity contribution in [1.29, 1.82) is 0 Å². The van der Waals surface area contributed by atoms with Crippen molar-refractivity contribution in [2.24, 2.45) is 5.11 Å². The molecule has 0 aromatic carbocycles. The molecular weight excluding hydrogens is 579 g/mol. The lowest BCUT2D eigenvalue weighted by atomic mass is 10.1. The van der Waals surface area contributed by atoms with Crippen molar-refractivity contribution in [2.45, 2.75) is 31.7 Å². The van der Waals surface area contributed by atoms with E-state index in [4.69, 9.17) is 40.7 Å². The Labute approximate surface area is 206 Å². The SMILES string of the molecule is Cc1cn([C@H]2C[C@H](N=[N+]=[N-])[C@@H](COP(=S)(OP(=O)(O)OP(=O)(O)O)SCCS)O2)c(=O)[nH]c1=O. The molecule has 2 rings (SSSR count). The summed E-state index contributed by atoms with van der Waals surface area (Å²) in [6.07, 6.45) is -0.641. The first-order valence-electron chi connectivity index (χ1n) is 9.01. The normalized spacial score (nSPS) is 24.2. The van der Waals surface area contributed by atoms with Crippen LogP contribution in [0.25, 0.3) is 10.4 Å². The molecule has 5 atom stereocenters. The van der Waals surface area contributed by atoms with Gasteiger partial charge < -0.3 is 23.9 Å². The van der Waals surface area contributed by atoms with Crippen molar-refractivity contribution in [1.82, 2.24) is 9.55 Å². The molecule has 1 aliphatic heterocycles. The van der Waals surface area contributed by atoms with Crippen molar-refractivity contribution in [2.75, 3.05) is 18.1 Å². The van der Waals surface area contributed by atoms with Gasteiger partial charge in [-0.2, -0.15) is 16.9 Å². The smallest absolute Gasteiger partial charge is 0.352 e. The third-order valence-corrected chi connectivity index (χ3v) is 13.3. The van der Waals surface area contributed by atoms with E-state index in [1.165, 1.54) is 13.1 Å². The first-order chi connectivity index (χ1) is 15.7. The van der Waals surface area contributed by atoms with Crippen molar-refractivity contribution in [3.8, 4) is 0 Å². The number of thiol groups is 1. The van der Waals surface area contributed by atoms with E-state index in [2.05, 4.69) is 31.9 Å². The van der Waals surface area contributed by atoms with Crippen LogP contribution in [0.4, 0.5) is 0 Å². The fourth-order valence-electron chi connectivity index (χ4n) is 2.70. The lowest BCUT2D eigenvalue weighted by Crippen LogP contribution is -2.33. The Bertz CT molecular complexity index is 1200. The molecule has 192 valence electrons. The van der Waals surface area contributed by atoms with Crippen molar-refractivity contribution < 1.29 is 41.7 Å². The van der Waals surface area contributed by atoms with E-state index in [1.54, 1.807) is 0 Å². The molecule has 1 aliphatic rings. The molecule has 2 unspecified atom stereocenters. The summed E-state index contributed by atoms with van der Waals surface area (Å²) in [6, 6.07) is -0.861. The standard InChI is InChI=1S/C12H20N5O11P3S3/c1-7-5-17(12(19)14-11(7)18)10-4-8(15-16-13)9(26-10)6-25-31(33,34-3-2-32)28-30(23,24)27-29(20,21)22/h5,8-10,32H,2-4,6H2,1H3,(H,23,24)(H,14,18,19)(H2,20,21,22)/t8-,9+,10+,31?/m0/s1. The Morgan fingerprint density at radius 1 is 1.41 bits per heavy atom. The molecule has 0 spiro atoms. The number of nitrogens with one attached hydrogen (secondary N) is 1. The molecular formula is C12H20N5O11P3S3. The molecule has 1 saturated heterocycles. The van der Waals surface area contributed by atoms with Crippen LogP contribution in [-0.2, 0) is 38.8 Å². The zero-order chi connectivity index (χ0) is 25.7. The summed E-state index contributed by atoms with van der Waals surface area (Å²) in [5.41, 5.74) is 4.02. The zero-order valence-electron chi connectivity index (χ0n) is 17.1. The molecule has 0 radical (unpaired) electrons. The van der Waals surface area contributed by atoms with E-state index in [0.717, 1.165) is 15.9 Å². The molecule has 0 amide bonds. The maximum absolute atomic E-state index is 12.2. The quantitative estimate of drug-likeness (QED) is 0.0760. The summed E-state index contributed by atoms with van der Waals surface area (Å²) in [7, 11) is -10.7. The van der Waals surface area contributed by atoms with Crippen LogP contribution >= 0.6 is 45.3 Å². The summed E-state index contributed by atoms with van der Waals surface area (Å²) in [6.45, 7) is 1.04. The maximum Gasteiger partial charge on any atom is 0.487 e. The van der Waals surface area contributed by atoms with Crippen LogP contribution in [0.3, 0.4) is 0 Å². The minimum atomic E-state index is -5.40. The monoisotopic (exact) mass is 599 g/mol. The highest BCUT2D eigenvalue weighted by Crippen LogP contribution is 2.73. The van der Waals surface area contributed by atoms with Gasteiger partial charge in [0.15, 0.2) is 0 Å². The fraction of sp³-hybridized carbons (Fsp3) is 0.667. The Hall–Kier alpha value is -0.480. The van der Waals surface area contributed by atoms with E-state index in [0.29, 0.717) is 0 Å². The minimum absolute atomic E-state index is 0.0246. The van der Waals surface area contributed by atoms with Gasteiger partial charge in [-0.25, -0.2) is 18.2 Å². The number of hydrogen-bond acceptors (Lipinski definition) is 12. The number of hydrogen-bond donors (Lipinski definition) is 5. The first kappa shape index (κ1) is 29.7. The molecule has 1 fully saturated rings. The van der Waals surface area contributed by atoms with Crippen LogP contribution in [-0.4, -0.2) is 54.5 Å². The number of aromatic amines is 1. The van der Waals surface area contributed by atoms with E-state index < -0.39 is 57.6 Å². The third-order valence-electron chi connectivity index (χ3n) is 4.01. The van der Waals surface area contributed by atoms with Gasteiger partial charge in [0.25, 0.3) is 11.3 Å². The lowest BCUT2D eigenvalue weighted by molar-refractivity contribution is -0.0217. The van der Waals surface area contributed by atoms with Gasteiger partial charge in [-0.3, -0.25) is 14.3 Å². The summed E-state index contributed by atoms with van der Waals surface area (Å²) in [5, 5.41) is 3.61. The maximum atomic E-state index is 12.2. The van der Waals surface area contributed by atoms with Gasteiger partial charge in [0, 0.05) is 28.8 Å². The predicted molar refractivity (Wildman–Crippen MR) is 128 cm³/mol. The molecule has 2 heterocycles. The van der Waals surface area contributed by atoms with Crippen molar-refractivity contribution in [3.05, 3.63) is 43.0 Å². The number of nitrogens with zero attached hydrogens (tertiary/aromatic N) is 4. The average molecular weight is 599 g/mol. The fourth-order valence-corrected chi connectivity index (χ4v) is 11.1. The Kier molecular flexibility index (Phi) is 10.7. The second-order valence-electron chi connectivity index (χ2n) is 6.54. The van der Waals surface area contributed by atoms with E-state index in [9.17, 15) is 23.6 Å². The van der Waals surface area contributed by atoms with E-state index in [1.807, 2.05) is 0 Å². The van der Waals surface area contributed by atoms with Crippen molar-refractivity contribution in [3.63, 3.8) is 0 Å². The van der Waals surface area contributed by atoms with Crippen LogP contribution in [0.15, 0.2) is 20.9 Å².